The van der Waals surface area contributed by atoms with Crippen LogP contribution in [0.25, 0.3) is 11.1 Å². The fraction of sp³-hybridized carbons (Fsp3) is 0.312. The molecule has 2 nitrogen and oxygen atoms in total. The van der Waals surface area contributed by atoms with E-state index in [9.17, 15) is 13.2 Å². The van der Waals surface area contributed by atoms with E-state index in [2.05, 4.69) is 4.98 Å². The van der Waals surface area contributed by atoms with E-state index in [-0.39, 0.29) is 5.56 Å². The Kier molecular flexibility index (Phi) is 3.70. The molecule has 0 unspecified atom stereocenters. The number of hydrogen-bond donors (Lipinski definition) is 1. The molecular weight excluding hydrogens is 277 g/mol. The van der Waals surface area contributed by atoms with Crippen molar-refractivity contribution in [1.82, 2.24) is 4.98 Å². The maximum atomic E-state index is 13.4. The van der Waals surface area contributed by atoms with Gasteiger partial charge in [-0.3, -0.25) is 4.98 Å². The van der Waals surface area contributed by atoms with Crippen molar-refractivity contribution in [3.8, 4) is 11.1 Å². The maximum absolute atomic E-state index is 13.4. The summed E-state index contributed by atoms with van der Waals surface area (Å²) in [6, 6.07) is 7.60. The molecule has 0 saturated carbocycles. The van der Waals surface area contributed by atoms with Crippen molar-refractivity contribution >= 4 is 5.69 Å². The van der Waals surface area contributed by atoms with Crippen LogP contribution in [0.15, 0.2) is 36.5 Å². The first-order chi connectivity index (χ1) is 9.60. The summed E-state index contributed by atoms with van der Waals surface area (Å²) in [5.74, 6) is 0. The molecule has 0 aliphatic carbocycles. The number of benzene rings is 1. The fourth-order valence-electron chi connectivity index (χ4n) is 2.06. The highest BCUT2D eigenvalue weighted by atomic mass is 19.4. The molecule has 112 valence electrons. The first-order valence-electron chi connectivity index (χ1n) is 6.53. The van der Waals surface area contributed by atoms with Gasteiger partial charge in [0.25, 0.3) is 0 Å². The van der Waals surface area contributed by atoms with E-state index in [0.29, 0.717) is 16.9 Å². The van der Waals surface area contributed by atoms with Gasteiger partial charge in [-0.15, -0.1) is 0 Å². The van der Waals surface area contributed by atoms with Gasteiger partial charge in [0.05, 0.1) is 5.56 Å². The molecule has 0 spiro atoms. The summed E-state index contributed by atoms with van der Waals surface area (Å²) in [5, 5.41) is 0. The van der Waals surface area contributed by atoms with Crippen LogP contribution in [0.3, 0.4) is 0 Å². The molecule has 0 aliphatic rings. The molecule has 0 atom stereocenters. The van der Waals surface area contributed by atoms with Crippen LogP contribution in [-0.2, 0) is 11.6 Å². The smallest absolute Gasteiger partial charge is 0.398 e. The van der Waals surface area contributed by atoms with Gasteiger partial charge in [0.15, 0.2) is 0 Å². The molecule has 1 aromatic carbocycles. The minimum Gasteiger partial charge on any atom is -0.398 e. The van der Waals surface area contributed by atoms with Crippen molar-refractivity contribution < 1.29 is 13.2 Å². The Morgan fingerprint density at radius 1 is 1.00 bits per heavy atom. The molecule has 0 aliphatic heterocycles. The summed E-state index contributed by atoms with van der Waals surface area (Å²) < 4.78 is 40.1. The van der Waals surface area contributed by atoms with Gasteiger partial charge in [0.1, 0.15) is 0 Å². The number of rotatable bonds is 1. The zero-order chi connectivity index (χ0) is 15.8. The predicted octanol–water partition coefficient (Wildman–Crippen LogP) is 4.65. The van der Waals surface area contributed by atoms with Crippen LogP contribution in [0, 0.1) is 0 Å². The molecule has 0 saturated heterocycles. The Morgan fingerprint density at radius 3 is 2.14 bits per heavy atom. The van der Waals surface area contributed by atoms with Crippen molar-refractivity contribution in [3.63, 3.8) is 0 Å². The van der Waals surface area contributed by atoms with Crippen LogP contribution < -0.4 is 5.73 Å². The molecule has 0 radical (unpaired) electrons. The summed E-state index contributed by atoms with van der Waals surface area (Å²) in [6.07, 6.45) is -3.20. The third-order valence-corrected chi connectivity index (χ3v) is 3.23. The van der Waals surface area contributed by atoms with Gasteiger partial charge in [0, 0.05) is 34.1 Å². The second-order valence-electron chi connectivity index (χ2n) is 5.95. The molecule has 5 heteroatoms. The minimum absolute atomic E-state index is 0.00796. The van der Waals surface area contributed by atoms with Gasteiger partial charge in [0.2, 0.25) is 0 Å². The van der Waals surface area contributed by atoms with E-state index in [1.54, 1.807) is 24.3 Å². The second kappa shape index (κ2) is 5.06. The van der Waals surface area contributed by atoms with Gasteiger partial charge in [-0.25, -0.2) is 0 Å². The van der Waals surface area contributed by atoms with Crippen molar-refractivity contribution in [3.05, 3.63) is 47.8 Å². The maximum Gasteiger partial charge on any atom is 0.417 e. The zero-order valence-electron chi connectivity index (χ0n) is 12.1. The molecular formula is C16H17F3N2. The first-order valence-corrected chi connectivity index (χ1v) is 6.53. The average Bonchev–Trinajstić information content (AvgIpc) is 2.36. The van der Waals surface area contributed by atoms with E-state index in [4.69, 9.17) is 5.73 Å². The van der Waals surface area contributed by atoms with E-state index in [1.807, 2.05) is 20.8 Å². The highest BCUT2D eigenvalue weighted by molar-refractivity contribution is 5.78. The molecule has 0 amide bonds. The van der Waals surface area contributed by atoms with Gasteiger partial charge in [-0.05, 0) is 12.1 Å². The lowest BCUT2D eigenvalue weighted by Crippen LogP contribution is -2.17. The van der Waals surface area contributed by atoms with E-state index < -0.39 is 17.2 Å². The SMILES string of the molecule is CC(C)(C)c1cc(C(F)(F)F)c(-c2ccccc2N)cn1. The number of hydrogen-bond acceptors (Lipinski definition) is 2. The van der Waals surface area contributed by atoms with E-state index >= 15 is 0 Å². The van der Waals surface area contributed by atoms with Crippen LogP contribution >= 0.6 is 0 Å². The van der Waals surface area contributed by atoms with E-state index in [1.165, 1.54) is 6.20 Å². The Labute approximate surface area is 121 Å². The largest absolute Gasteiger partial charge is 0.417 e. The van der Waals surface area contributed by atoms with Crippen molar-refractivity contribution in [2.24, 2.45) is 0 Å². The van der Waals surface area contributed by atoms with Crippen LogP contribution in [0.2, 0.25) is 0 Å². The highest BCUT2D eigenvalue weighted by Gasteiger charge is 2.35. The summed E-state index contributed by atoms with van der Waals surface area (Å²) in [4.78, 5) is 4.19. The zero-order valence-corrected chi connectivity index (χ0v) is 12.1. The topological polar surface area (TPSA) is 38.9 Å². The standard InChI is InChI=1S/C16H17F3N2/c1-15(2,3)14-8-12(16(17,18)19)11(9-21-14)10-6-4-5-7-13(10)20/h4-9H,20H2,1-3H3. The lowest BCUT2D eigenvalue weighted by molar-refractivity contribution is -0.137. The number of nitrogens with zero attached hydrogens (tertiary/aromatic N) is 1. The third-order valence-electron chi connectivity index (χ3n) is 3.23. The quantitative estimate of drug-likeness (QED) is 0.778. The number of halogens is 3. The average molecular weight is 294 g/mol. The van der Waals surface area contributed by atoms with Crippen LogP contribution in [0.5, 0.6) is 0 Å². The normalized spacial score (nSPS) is 12.5. The molecule has 1 aromatic heterocycles. The highest BCUT2D eigenvalue weighted by Crippen LogP contribution is 2.40. The molecule has 0 bridgehead atoms. The predicted molar refractivity (Wildman–Crippen MR) is 77.8 cm³/mol. The molecule has 2 aromatic rings. The molecule has 0 fully saturated rings. The Bertz CT molecular complexity index is 655. The molecule has 2 N–H and O–H groups in total. The van der Waals surface area contributed by atoms with Gasteiger partial charge in [-0.2, -0.15) is 13.2 Å². The fourth-order valence-corrected chi connectivity index (χ4v) is 2.06. The van der Waals surface area contributed by atoms with Crippen LogP contribution in [0.4, 0.5) is 18.9 Å². The summed E-state index contributed by atoms with van der Waals surface area (Å²) >= 11 is 0. The first kappa shape index (κ1) is 15.4. The van der Waals surface area contributed by atoms with Crippen LogP contribution in [-0.4, -0.2) is 4.98 Å². The molecule has 2 rings (SSSR count). The number of pyridine rings is 1. The van der Waals surface area contributed by atoms with Crippen molar-refractivity contribution in [2.45, 2.75) is 32.4 Å². The summed E-state index contributed by atoms with van der Waals surface area (Å²) in [5.41, 5.74) is 5.68. The van der Waals surface area contributed by atoms with Crippen LogP contribution in [0.1, 0.15) is 32.0 Å². The van der Waals surface area contributed by atoms with Crippen molar-refractivity contribution in [1.29, 1.82) is 0 Å². The number of aromatic nitrogens is 1. The summed E-state index contributed by atoms with van der Waals surface area (Å²) in [7, 11) is 0. The number of alkyl halides is 3. The summed E-state index contributed by atoms with van der Waals surface area (Å²) in [6.45, 7) is 5.48. The third kappa shape index (κ3) is 3.17. The van der Waals surface area contributed by atoms with Crippen molar-refractivity contribution in [2.75, 3.05) is 5.73 Å². The Balaban J connectivity index is 2.70. The van der Waals surface area contributed by atoms with Gasteiger partial charge in [-0.1, -0.05) is 39.0 Å². The number of para-hydroxylation sites is 1. The van der Waals surface area contributed by atoms with Gasteiger partial charge >= 0.3 is 6.18 Å². The molecule has 21 heavy (non-hydrogen) atoms. The molecule has 1 heterocycles. The minimum atomic E-state index is -4.46. The number of nitrogen functional groups attached to an aromatic ring is 1. The second-order valence-corrected chi connectivity index (χ2v) is 5.95. The number of nitrogens with two attached hydrogens (primary N) is 1. The number of anilines is 1. The lowest BCUT2D eigenvalue weighted by atomic mass is 9.89. The van der Waals surface area contributed by atoms with E-state index in [0.717, 1.165) is 6.07 Å². The Morgan fingerprint density at radius 2 is 1.62 bits per heavy atom. The lowest BCUT2D eigenvalue weighted by Gasteiger charge is -2.21. The Hall–Kier alpha value is -2.04. The monoisotopic (exact) mass is 294 g/mol. The van der Waals surface area contributed by atoms with Gasteiger partial charge < -0.3 is 5.73 Å².